The summed E-state index contributed by atoms with van der Waals surface area (Å²) in [5.41, 5.74) is 0.310. The molecule has 0 fully saturated rings. The number of hydrogen-bond acceptors (Lipinski definition) is 4. The number of sulfonamides is 1. The number of aromatic amines is 1. The van der Waals surface area contributed by atoms with Crippen molar-refractivity contribution in [2.75, 3.05) is 4.31 Å². The van der Waals surface area contributed by atoms with Crippen molar-refractivity contribution >= 4 is 32.3 Å². The summed E-state index contributed by atoms with van der Waals surface area (Å²) in [5.74, 6) is 0. The van der Waals surface area contributed by atoms with Gasteiger partial charge >= 0.3 is 0 Å². The summed E-state index contributed by atoms with van der Waals surface area (Å²) in [6.07, 6.45) is 8.90. The van der Waals surface area contributed by atoms with E-state index in [-0.39, 0.29) is 16.3 Å². The van der Waals surface area contributed by atoms with Crippen LogP contribution in [0.5, 0.6) is 0 Å². The first-order valence-corrected chi connectivity index (χ1v) is 9.96. The van der Waals surface area contributed by atoms with Crippen LogP contribution < -0.4 is 9.86 Å². The fourth-order valence-electron chi connectivity index (χ4n) is 2.72. The highest BCUT2D eigenvalue weighted by molar-refractivity contribution is 7.97. The molecule has 0 bridgehead atoms. The molecule has 0 unspecified atom stereocenters. The third-order valence-electron chi connectivity index (χ3n) is 4.03. The van der Waals surface area contributed by atoms with Gasteiger partial charge in [-0.3, -0.25) is 9.78 Å². The van der Waals surface area contributed by atoms with Crippen molar-refractivity contribution in [2.45, 2.75) is 6.92 Å². The van der Waals surface area contributed by atoms with Gasteiger partial charge in [0.15, 0.2) is 0 Å². The normalized spacial score (nSPS) is 12.4. The zero-order valence-corrected chi connectivity index (χ0v) is 16.1. The number of nitrogens with one attached hydrogen (secondary N) is 1. The van der Waals surface area contributed by atoms with E-state index in [1.54, 1.807) is 55.5 Å². The van der Waals surface area contributed by atoms with Crippen molar-refractivity contribution in [1.82, 2.24) is 9.97 Å². The minimum atomic E-state index is -4.12. The van der Waals surface area contributed by atoms with Crippen molar-refractivity contribution in [1.29, 1.82) is 0 Å². The van der Waals surface area contributed by atoms with Gasteiger partial charge in [-0.2, -0.15) is 0 Å². The molecule has 2 aromatic heterocycles. The molecule has 1 N–H and O–H groups in total. The molecule has 3 rings (SSSR count). The van der Waals surface area contributed by atoms with Crippen LogP contribution in [0.3, 0.4) is 0 Å². The molecule has 0 atom stereocenters. The van der Waals surface area contributed by atoms with Gasteiger partial charge < -0.3 is 4.98 Å². The third kappa shape index (κ3) is 3.65. The average Bonchev–Trinajstić information content (AvgIpc) is 2.69. The summed E-state index contributed by atoms with van der Waals surface area (Å²) < 4.78 is 27.8. The van der Waals surface area contributed by atoms with E-state index in [9.17, 15) is 13.2 Å². The minimum absolute atomic E-state index is 0.0278. The van der Waals surface area contributed by atoms with Crippen LogP contribution >= 0.6 is 0 Å². The Bertz CT molecular complexity index is 1230. The SMILES string of the molecule is C=C/C(=C\C=C/C)S(=O)(=O)N(c1cccnc1)c1cc2ccccc2[nH]c1=O. The zero-order chi connectivity index (χ0) is 20.1. The molecule has 0 radical (unpaired) electrons. The molecule has 0 saturated heterocycles. The number of para-hydroxylation sites is 1. The highest BCUT2D eigenvalue weighted by Crippen LogP contribution is 2.31. The molecule has 0 saturated carbocycles. The summed E-state index contributed by atoms with van der Waals surface area (Å²) in [4.78, 5) is 19.5. The highest BCUT2D eigenvalue weighted by Gasteiger charge is 2.29. The lowest BCUT2D eigenvalue weighted by atomic mass is 10.2. The number of H-pyrrole nitrogens is 1. The number of rotatable bonds is 6. The van der Waals surface area contributed by atoms with Gasteiger partial charge in [0, 0.05) is 17.1 Å². The number of benzene rings is 1. The molecule has 28 heavy (non-hydrogen) atoms. The van der Waals surface area contributed by atoms with Gasteiger partial charge in [0.2, 0.25) is 0 Å². The van der Waals surface area contributed by atoms with Crippen molar-refractivity contribution in [3.63, 3.8) is 0 Å². The van der Waals surface area contributed by atoms with E-state index in [0.29, 0.717) is 10.9 Å². The first-order valence-electron chi connectivity index (χ1n) is 8.52. The van der Waals surface area contributed by atoms with Crippen LogP contribution in [0.25, 0.3) is 10.9 Å². The molecular weight excluding hydrogens is 374 g/mol. The van der Waals surface area contributed by atoms with Gasteiger partial charge in [-0.25, -0.2) is 12.7 Å². The largest absolute Gasteiger partial charge is 0.320 e. The molecule has 0 spiro atoms. The van der Waals surface area contributed by atoms with Gasteiger partial charge in [0.1, 0.15) is 5.69 Å². The standard InChI is InChI=1S/C21H19N3O3S/c1-3-5-11-18(4-2)28(26,27)24(17-10-8-13-22-15-17)20-14-16-9-6-7-12-19(16)23-21(20)25/h3-15H,2H2,1H3,(H,23,25)/b5-3-,18-11+. The van der Waals surface area contributed by atoms with E-state index in [1.165, 1.54) is 24.5 Å². The minimum Gasteiger partial charge on any atom is -0.320 e. The average molecular weight is 393 g/mol. The Morgan fingerprint density at radius 3 is 2.68 bits per heavy atom. The molecule has 0 aliphatic carbocycles. The predicted molar refractivity (Wildman–Crippen MR) is 113 cm³/mol. The first kappa shape index (κ1) is 19.3. The molecule has 2 heterocycles. The maximum absolute atomic E-state index is 13.4. The summed E-state index contributed by atoms with van der Waals surface area (Å²) >= 11 is 0. The number of hydrogen-bond donors (Lipinski definition) is 1. The van der Waals surface area contributed by atoms with Gasteiger partial charge in [0.05, 0.1) is 16.8 Å². The van der Waals surface area contributed by atoms with E-state index in [1.807, 2.05) is 6.07 Å². The smallest absolute Gasteiger partial charge is 0.273 e. The monoisotopic (exact) mass is 393 g/mol. The van der Waals surface area contributed by atoms with E-state index < -0.39 is 15.6 Å². The topological polar surface area (TPSA) is 83.1 Å². The van der Waals surface area contributed by atoms with Crippen molar-refractivity contribution in [2.24, 2.45) is 0 Å². The number of nitrogens with zero attached hydrogens (tertiary/aromatic N) is 2. The quantitative estimate of drug-likeness (QED) is 0.641. The van der Waals surface area contributed by atoms with Crippen molar-refractivity contribution in [3.8, 4) is 0 Å². The molecular formula is C21H19N3O3S. The third-order valence-corrected chi connectivity index (χ3v) is 5.81. The Kier molecular flexibility index (Phi) is 5.56. The molecule has 1 aromatic carbocycles. The molecule has 0 aliphatic rings. The summed E-state index contributed by atoms with van der Waals surface area (Å²) in [6, 6.07) is 11.9. The van der Waals surface area contributed by atoms with Crippen LogP contribution in [0.4, 0.5) is 11.4 Å². The van der Waals surface area contributed by atoms with E-state index in [2.05, 4.69) is 16.5 Å². The number of fused-ring (bicyclic) bond motifs is 1. The highest BCUT2D eigenvalue weighted by atomic mass is 32.2. The number of anilines is 2. The second-order valence-electron chi connectivity index (χ2n) is 5.85. The number of allylic oxidation sites excluding steroid dienone is 4. The predicted octanol–water partition coefficient (Wildman–Crippen LogP) is 4.04. The Morgan fingerprint density at radius 2 is 2.00 bits per heavy atom. The number of pyridine rings is 2. The van der Waals surface area contributed by atoms with Crippen molar-refractivity contribution in [3.05, 3.63) is 101 Å². The zero-order valence-electron chi connectivity index (χ0n) is 15.2. The lowest BCUT2D eigenvalue weighted by molar-refractivity contribution is 0.603. The van der Waals surface area contributed by atoms with Crippen LogP contribution in [0.15, 0.2) is 95.4 Å². The van der Waals surface area contributed by atoms with E-state index in [4.69, 9.17) is 0 Å². The lowest BCUT2D eigenvalue weighted by Gasteiger charge is -2.24. The maximum atomic E-state index is 13.4. The summed E-state index contributed by atoms with van der Waals surface area (Å²) in [6.45, 7) is 5.39. The van der Waals surface area contributed by atoms with Crippen LogP contribution in [0.1, 0.15) is 6.92 Å². The summed E-state index contributed by atoms with van der Waals surface area (Å²) in [7, 11) is -4.12. The van der Waals surface area contributed by atoms with E-state index >= 15 is 0 Å². The maximum Gasteiger partial charge on any atom is 0.273 e. The molecule has 142 valence electrons. The Hall–Kier alpha value is -3.45. The Labute approximate surface area is 163 Å². The second-order valence-corrected chi connectivity index (χ2v) is 7.64. The molecule has 3 aromatic rings. The fraction of sp³-hybridized carbons (Fsp3) is 0.0476. The van der Waals surface area contributed by atoms with Crippen LogP contribution in [-0.4, -0.2) is 18.4 Å². The van der Waals surface area contributed by atoms with Crippen LogP contribution in [0.2, 0.25) is 0 Å². The van der Waals surface area contributed by atoms with Crippen LogP contribution in [0, 0.1) is 0 Å². The summed E-state index contributed by atoms with van der Waals surface area (Å²) in [5, 5.41) is 0.707. The first-order chi connectivity index (χ1) is 13.5. The van der Waals surface area contributed by atoms with Gasteiger partial charge in [-0.05, 0) is 43.3 Å². The van der Waals surface area contributed by atoms with Gasteiger partial charge in [0.25, 0.3) is 15.6 Å². The van der Waals surface area contributed by atoms with Gasteiger partial charge in [-0.15, -0.1) is 0 Å². The Morgan fingerprint density at radius 1 is 1.21 bits per heavy atom. The van der Waals surface area contributed by atoms with Gasteiger partial charge in [-0.1, -0.05) is 36.9 Å². The fourth-order valence-corrected chi connectivity index (χ4v) is 4.18. The molecule has 7 heteroatoms. The Balaban J connectivity index is 2.32. The number of aromatic nitrogens is 2. The van der Waals surface area contributed by atoms with Crippen molar-refractivity contribution < 1.29 is 8.42 Å². The second kappa shape index (κ2) is 8.06. The lowest BCUT2D eigenvalue weighted by Crippen LogP contribution is -2.31. The van der Waals surface area contributed by atoms with Crippen LogP contribution in [-0.2, 0) is 10.0 Å². The molecule has 0 aliphatic heterocycles. The van der Waals surface area contributed by atoms with E-state index in [0.717, 1.165) is 4.31 Å². The molecule has 0 amide bonds. The molecule has 6 nitrogen and oxygen atoms in total.